The Kier molecular flexibility index (Phi) is 1.40. The first-order valence-electron chi connectivity index (χ1n) is 6.87. The van der Waals surface area contributed by atoms with Gasteiger partial charge in [0.2, 0.25) is 0 Å². The average molecular weight is 190 g/mol. The van der Waals surface area contributed by atoms with E-state index in [2.05, 4.69) is 0 Å². The molecule has 4 unspecified atom stereocenters. The summed E-state index contributed by atoms with van der Waals surface area (Å²) in [5.41, 5.74) is 1.79. The fourth-order valence-electron chi connectivity index (χ4n) is 6.46. The highest BCUT2D eigenvalue weighted by Gasteiger charge is 2.67. The highest BCUT2D eigenvalue weighted by atomic mass is 14.7. The van der Waals surface area contributed by atoms with Gasteiger partial charge in [0.1, 0.15) is 0 Å². The highest BCUT2D eigenvalue weighted by molar-refractivity contribution is 5.17. The van der Waals surface area contributed by atoms with Crippen molar-refractivity contribution in [1.82, 2.24) is 0 Å². The molecule has 0 nitrogen and oxygen atoms in total. The lowest BCUT2D eigenvalue weighted by atomic mass is 9.63. The van der Waals surface area contributed by atoms with Crippen molar-refractivity contribution in [1.29, 1.82) is 0 Å². The van der Waals surface area contributed by atoms with E-state index in [1.807, 2.05) is 0 Å². The summed E-state index contributed by atoms with van der Waals surface area (Å²) in [6.45, 7) is 0. The van der Waals surface area contributed by atoms with E-state index in [-0.39, 0.29) is 0 Å². The first kappa shape index (κ1) is 8.19. The zero-order chi connectivity index (χ0) is 9.23. The molecule has 0 amide bonds. The minimum absolute atomic E-state index is 0.897. The Hall–Kier alpha value is 0. The number of hydrogen-bond donors (Lipinski definition) is 0. The number of rotatable bonds is 0. The predicted molar refractivity (Wildman–Crippen MR) is 58.0 cm³/mol. The summed E-state index contributed by atoms with van der Waals surface area (Å²) >= 11 is 0. The normalized spacial score (nSPS) is 60.0. The van der Waals surface area contributed by atoms with Crippen molar-refractivity contribution in [3.05, 3.63) is 0 Å². The van der Waals surface area contributed by atoms with E-state index in [4.69, 9.17) is 0 Å². The van der Waals surface area contributed by atoms with E-state index < -0.39 is 0 Å². The van der Waals surface area contributed by atoms with Crippen LogP contribution in [0.4, 0.5) is 0 Å². The molecule has 4 rings (SSSR count). The Morgan fingerprint density at radius 3 is 1.57 bits per heavy atom. The molecule has 0 aliphatic heterocycles. The van der Waals surface area contributed by atoms with E-state index in [0.717, 1.165) is 10.8 Å². The standard InChI is InChI=1S/C14H22/c1-3-11-5-10-14-8-2-4-12(14)6-9-13(11,14)7-1/h11-12H,1-10H2. The fraction of sp³-hybridized carbons (Fsp3) is 1.00. The quantitative estimate of drug-likeness (QED) is 0.538. The van der Waals surface area contributed by atoms with Gasteiger partial charge in [0.25, 0.3) is 0 Å². The van der Waals surface area contributed by atoms with Gasteiger partial charge in [0, 0.05) is 0 Å². The molecule has 14 heavy (non-hydrogen) atoms. The predicted octanol–water partition coefficient (Wildman–Crippen LogP) is 4.15. The van der Waals surface area contributed by atoms with Crippen LogP contribution in [0.5, 0.6) is 0 Å². The van der Waals surface area contributed by atoms with Crippen LogP contribution in [-0.4, -0.2) is 0 Å². The Morgan fingerprint density at radius 1 is 0.571 bits per heavy atom. The summed E-state index contributed by atoms with van der Waals surface area (Å²) in [6, 6.07) is 0. The van der Waals surface area contributed by atoms with Crippen molar-refractivity contribution in [2.24, 2.45) is 22.7 Å². The van der Waals surface area contributed by atoms with Crippen LogP contribution in [0.1, 0.15) is 64.2 Å². The lowest BCUT2D eigenvalue weighted by Crippen LogP contribution is -2.34. The molecule has 0 heteroatoms. The van der Waals surface area contributed by atoms with Gasteiger partial charge in [-0.2, -0.15) is 0 Å². The average Bonchev–Trinajstić information content (AvgIpc) is 2.84. The van der Waals surface area contributed by atoms with Crippen molar-refractivity contribution < 1.29 is 0 Å². The van der Waals surface area contributed by atoms with Crippen LogP contribution in [-0.2, 0) is 0 Å². The molecule has 0 aromatic heterocycles. The Bertz CT molecular complexity index is 241. The highest BCUT2D eigenvalue weighted by Crippen LogP contribution is 2.77. The van der Waals surface area contributed by atoms with Gasteiger partial charge in [0.05, 0.1) is 0 Å². The molecule has 78 valence electrons. The van der Waals surface area contributed by atoms with Crippen LogP contribution >= 0.6 is 0 Å². The molecule has 0 bridgehead atoms. The molecule has 0 saturated heterocycles. The third kappa shape index (κ3) is 0.657. The minimum atomic E-state index is 0.897. The number of hydrogen-bond acceptors (Lipinski definition) is 0. The van der Waals surface area contributed by atoms with Gasteiger partial charge in [-0.15, -0.1) is 0 Å². The van der Waals surface area contributed by atoms with E-state index in [0.29, 0.717) is 0 Å². The van der Waals surface area contributed by atoms with Gasteiger partial charge in [-0.3, -0.25) is 0 Å². The molecule has 0 aromatic carbocycles. The molecule has 4 aliphatic rings. The second kappa shape index (κ2) is 2.39. The lowest BCUT2D eigenvalue weighted by molar-refractivity contribution is 0.0706. The van der Waals surface area contributed by atoms with Crippen molar-refractivity contribution in [3.8, 4) is 0 Å². The molecule has 0 aromatic rings. The Labute approximate surface area is 87.5 Å². The summed E-state index contributed by atoms with van der Waals surface area (Å²) < 4.78 is 0. The van der Waals surface area contributed by atoms with Crippen molar-refractivity contribution in [2.75, 3.05) is 0 Å². The van der Waals surface area contributed by atoms with Crippen LogP contribution < -0.4 is 0 Å². The van der Waals surface area contributed by atoms with E-state index >= 15 is 0 Å². The molecule has 4 saturated carbocycles. The molecule has 2 spiro atoms. The first-order valence-corrected chi connectivity index (χ1v) is 6.87. The maximum absolute atomic E-state index is 1.63. The molecule has 4 atom stereocenters. The third-order valence-corrected chi connectivity index (χ3v) is 6.78. The van der Waals surface area contributed by atoms with Gasteiger partial charge < -0.3 is 0 Å². The Balaban J connectivity index is 1.85. The summed E-state index contributed by atoms with van der Waals surface area (Å²) in [5, 5.41) is 0. The maximum atomic E-state index is 1.63. The van der Waals surface area contributed by atoms with Crippen LogP contribution in [0.25, 0.3) is 0 Å². The molecule has 0 N–H and O–H groups in total. The van der Waals surface area contributed by atoms with Gasteiger partial charge in [-0.05, 0) is 74.0 Å². The van der Waals surface area contributed by atoms with Crippen LogP contribution in [0.2, 0.25) is 0 Å². The fourth-order valence-corrected chi connectivity index (χ4v) is 6.46. The molecular formula is C14H22. The van der Waals surface area contributed by atoms with Crippen LogP contribution in [0.3, 0.4) is 0 Å². The lowest BCUT2D eigenvalue weighted by Gasteiger charge is -2.41. The SMILES string of the molecule is C1CC2CCC34CCCC3CCC24C1. The first-order chi connectivity index (χ1) is 6.87. The van der Waals surface area contributed by atoms with E-state index in [1.54, 1.807) is 64.2 Å². The van der Waals surface area contributed by atoms with Crippen LogP contribution in [0.15, 0.2) is 0 Å². The summed E-state index contributed by atoms with van der Waals surface area (Å²) in [4.78, 5) is 0. The second-order valence-electron chi connectivity index (χ2n) is 6.57. The minimum Gasteiger partial charge on any atom is -0.0525 e. The van der Waals surface area contributed by atoms with Gasteiger partial charge in [0.15, 0.2) is 0 Å². The molecule has 0 radical (unpaired) electrons. The molecule has 4 fully saturated rings. The monoisotopic (exact) mass is 190 g/mol. The molecule has 0 heterocycles. The molecule has 4 aliphatic carbocycles. The summed E-state index contributed by atoms with van der Waals surface area (Å²) in [7, 11) is 0. The van der Waals surface area contributed by atoms with Gasteiger partial charge >= 0.3 is 0 Å². The summed E-state index contributed by atoms with van der Waals surface area (Å²) in [6.07, 6.45) is 16.0. The van der Waals surface area contributed by atoms with Gasteiger partial charge in [-0.1, -0.05) is 12.8 Å². The zero-order valence-corrected chi connectivity index (χ0v) is 9.23. The van der Waals surface area contributed by atoms with E-state index in [9.17, 15) is 0 Å². The maximum Gasteiger partial charge on any atom is -0.0210 e. The smallest absolute Gasteiger partial charge is 0.0210 e. The van der Waals surface area contributed by atoms with Crippen molar-refractivity contribution in [2.45, 2.75) is 64.2 Å². The molecular weight excluding hydrogens is 168 g/mol. The van der Waals surface area contributed by atoms with Crippen LogP contribution in [0, 0.1) is 22.7 Å². The van der Waals surface area contributed by atoms with Crippen molar-refractivity contribution in [3.63, 3.8) is 0 Å². The third-order valence-electron chi connectivity index (χ3n) is 6.78. The summed E-state index contributed by atoms with van der Waals surface area (Å²) in [5.74, 6) is 2.34. The largest absolute Gasteiger partial charge is 0.0525 e. The zero-order valence-electron chi connectivity index (χ0n) is 9.23. The van der Waals surface area contributed by atoms with Crippen molar-refractivity contribution >= 4 is 0 Å². The topological polar surface area (TPSA) is 0 Å². The van der Waals surface area contributed by atoms with E-state index in [1.165, 1.54) is 11.8 Å². The van der Waals surface area contributed by atoms with Gasteiger partial charge in [-0.25, -0.2) is 0 Å². The second-order valence-corrected chi connectivity index (χ2v) is 6.57. The Morgan fingerprint density at radius 2 is 1.07 bits per heavy atom.